The Morgan fingerprint density at radius 3 is 2.13 bits per heavy atom. The fraction of sp³-hybridized carbons (Fsp3) is 0.600. The maximum absolute atomic E-state index is 14.4. The topological polar surface area (TPSA) is 366 Å². The van der Waals surface area contributed by atoms with Gasteiger partial charge in [-0.2, -0.15) is 0 Å². The predicted molar refractivity (Wildman–Crippen MR) is 246 cm³/mol. The molecular weight excluding hydrogens is 887 g/mol. The molecule has 0 aromatic heterocycles. The molecule has 10 amide bonds. The van der Waals surface area contributed by atoms with Crippen molar-refractivity contribution in [2.45, 2.75) is 140 Å². The van der Waals surface area contributed by atoms with Crippen molar-refractivity contribution in [2.75, 3.05) is 26.2 Å². The number of allylic oxidation sites excluding steroid dienone is 1. The zero-order valence-electron chi connectivity index (χ0n) is 39.2. The normalized spacial score (nSPS) is 24.0. The summed E-state index contributed by atoms with van der Waals surface area (Å²) in [7, 11) is 0. The Bertz CT molecular complexity index is 1980. The van der Waals surface area contributed by atoms with Crippen LogP contribution in [0.2, 0.25) is 0 Å². The summed E-state index contributed by atoms with van der Waals surface area (Å²) >= 11 is 0. The fourth-order valence-corrected chi connectivity index (χ4v) is 7.59. The Labute approximate surface area is 395 Å². The van der Waals surface area contributed by atoms with Gasteiger partial charge in [-0.3, -0.25) is 47.9 Å². The number of benzene rings is 1. The molecular formula is C45H69N11O12. The first kappa shape index (κ1) is 55.7. The average Bonchev–Trinajstić information content (AvgIpc) is 3.79. The van der Waals surface area contributed by atoms with E-state index < -0.39 is 126 Å². The standard InChI is InChI=1S/C45H69N11O12/c1-5-25(3)37-43(65)55-38(26(4)57)44(66)53-32(23-34(47)58)40(62)52-30(45(67)56-21-11-14-33(56)42(64)51-29(13-10-20-46)39(61)49-24-35(48)59)12-8-7-9-15-36(60)50-31(41(63)54-37)22-27-16-18-28(19-17-27)68-6-2/h7-8,16-19,25-26,29-33,37-38,57H,5-6,9-15,20-24,46H2,1-4H3,(H2,47,58)(H2,48,59)(H,49,61)(H,50,60)(H,51,64)(H,52,62)(H,53,66)(H,54,63)(H,55,65)/b8-7+/t25-,26+,29+,30+,31-,32+,33+,37+,38+/m1/s1. The first-order chi connectivity index (χ1) is 32.3. The van der Waals surface area contributed by atoms with E-state index in [1.807, 2.05) is 6.92 Å². The molecule has 1 aromatic rings. The molecule has 23 heteroatoms. The van der Waals surface area contributed by atoms with Crippen molar-refractivity contribution in [1.29, 1.82) is 0 Å². The molecule has 0 saturated carbocycles. The number of hydrogen-bond acceptors (Lipinski definition) is 13. The van der Waals surface area contributed by atoms with Crippen LogP contribution in [0.15, 0.2) is 36.4 Å². The van der Waals surface area contributed by atoms with Gasteiger partial charge in [-0.1, -0.05) is 44.6 Å². The van der Waals surface area contributed by atoms with E-state index in [0.29, 0.717) is 37.2 Å². The summed E-state index contributed by atoms with van der Waals surface area (Å²) in [6.45, 7) is 6.70. The Morgan fingerprint density at radius 1 is 0.853 bits per heavy atom. The van der Waals surface area contributed by atoms with Crippen molar-refractivity contribution in [3.05, 3.63) is 42.0 Å². The molecule has 2 aliphatic rings. The van der Waals surface area contributed by atoms with Gasteiger partial charge >= 0.3 is 0 Å². The summed E-state index contributed by atoms with van der Waals surface area (Å²) in [6.07, 6.45) is 1.87. The first-order valence-corrected chi connectivity index (χ1v) is 23.0. The van der Waals surface area contributed by atoms with Crippen LogP contribution >= 0.6 is 0 Å². The van der Waals surface area contributed by atoms with Crippen molar-refractivity contribution >= 4 is 59.1 Å². The molecule has 9 atom stereocenters. The number of nitrogens with zero attached hydrogens (tertiary/aromatic N) is 1. The molecule has 1 aromatic carbocycles. The number of primary amides is 2. The number of nitrogens with two attached hydrogens (primary N) is 3. The van der Waals surface area contributed by atoms with Gasteiger partial charge in [0, 0.05) is 19.4 Å². The van der Waals surface area contributed by atoms with Crippen molar-refractivity contribution in [1.82, 2.24) is 42.1 Å². The van der Waals surface area contributed by atoms with Crippen molar-refractivity contribution in [3.8, 4) is 5.75 Å². The number of likely N-dealkylation sites (tertiary alicyclic amines) is 1. The zero-order chi connectivity index (χ0) is 50.5. The summed E-state index contributed by atoms with van der Waals surface area (Å²) in [4.78, 5) is 135. The van der Waals surface area contributed by atoms with E-state index in [9.17, 15) is 53.1 Å². The number of hydrogen-bond donors (Lipinski definition) is 11. The fourth-order valence-electron chi connectivity index (χ4n) is 7.59. The van der Waals surface area contributed by atoms with E-state index in [2.05, 4.69) is 37.2 Å². The summed E-state index contributed by atoms with van der Waals surface area (Å²) in [5.41, 5.74) is 17.0. The molecule has 68 heavy (non-hydrogen) atoms. The highest BCUT2D eigenvalue weighted by Gasteiger charge is 2.40. The van der Waals surface area contributed by atoms with Crippen molar-refractivity contribution in [2.24, 2.45) is 23.1 Å². The van der Waals surface area contributed by atoms with Crippen LogP contribution in [0.1, 0.15) is 91.0 Å². The van der Waals surface area contributed by atoms with E-state index >= 15 is 0 Å². The second kappa shape index (κ2) is 27.9. The van der Waals surface area contributed by atoms with Crippen molar-refractivity contribution in [3.63, 3.8) is 0 Å². The number of aliphatic hydroxyl groups is 1. The zero-order valence-corrected chi connectivity index (χ0v) is 39.2. The van der Waals surface area contributed by atoms with Gasteiger partial charge < -0.3 is 69.2 Å². The molecule has 1 fully saturated rings. The minimum absolute atomic E-state index is 0.0183. The largest absolute Gasteiger partial charge is 0.494 e. The third-order valence-electron chi connectivity index (χ3n) is 11.5. The molecule has 376 valence electrons. The maximum atomic E-state index is 14.4. The van der Waals surface area contributed by atoms with Gasteiger partial charge in [0.1, 0.15) is 48.0 Å². The lowest BCUT2D eigenvalue weighted by Crippen LogP contribution is -2.62. The van der Waals surface area contributed by atoms with Gasteiger partial charge in [0.2, 0.25) is 59.1 Å². The number of nitrogens with one attached hydrogen (secondary N) is 7. The molecule has 23 nitrogen and oxygen atoms in total. The molecule has 0 radical (unpaired) electrons. The molecule has 3 rings (SSSR count). The summed E-state index contributed by atoms with van der Waals surface area (Å²) in [6, 6.07) is -2.69. The molecule has 2 aliphatic heterocycles. The van der Waals surface area contributed by atoms with Gasteiger partial charge in [0.05, 0.1) is 25.7 Å². The Morgan fingerprint density at radius 2 is 1.51 bits per heavy atom. The summed E-state index contributed by atoms with van der Waals surface area (Å²) < 4.78 is 5.53. The number of aliphatic hydroxyl groups excluding tert-OH is 1. The molecule has 0 spiro atoms. The Kier molecular flexibility index (Phi) is 22.8. The van der Waals surface area contributed by atoms with Crippen LogP contribution in [0.3, 0.4) is 0 Å². The number of amides is 10. The highest BCUT2D eigenvalue weighted by molar-refractivity contribution is 5.99. The quantitative estimate of drug-likeness (QED) is 0.0651. The van der Waals surface area contributed by atoms with E-state index in [-0.39, 0.29) is 51.6 Å². The van der Waals surface area contributed by atoms with Crippen LogP contribution in [0.5, 0.6) is 5.75 Å². The molecule has 2 heterocycles. The third-order valence-corrected chi connectivity index (χ3v) is 11.5. The van der Waals surface area contributed by atoms with Crippen LogP contribution in [0, 0.1) is 5.92 Å². The monoisotopic (exact) mass is 956 g/mol. The number of ether oxygens (including phenoxy) is 1. The van der Waals surface area contributed by atoms with Gasteiger partial charge in [-0.25, -0.2) is 0 Å². The number of carbonyl (C=O) groups excluding carboxylic acids is 10. The number of rotatable bonds is 18. The number of carbonyl (C=O) groups is 10. The third kappa shape index (κ3) is 17.6. The van der Waals surface area contributed by atoms with Crippen LogP contribution in [-0.4, -0.2) is 144 Å². The van der Waals surface area contributed by atoms with Crippen LogP contribution in [0.25, 0.3) is 0 Å². The van der Waals surface area contributed by atoms with E-state index in [1.165, 1.54) is 17.9 Å². The van der Waals surface area contributed by atoms with E-state index in [0.717, 1.165) is 0 Å². The lowest BCUT2D eigenvalue weighted by atomic mass is 9.96. The van der Waals surface area contributed by atoms with Crippen molar-refractivity contribution < 1.29 is 57.8 Å². The minimum atomic E-state index is -1.74. The van der Waals surface area contributed by atoms with Gasteiger partial charge in [0.25, 0.3) is 0 Å². The second-order valence-corrected chi connectivity index (χ2v) is 16.9. The molecule has 1 saturated heterocycles. The van der Waals surface area contributed by atoms with Gasteiger partial charge in [-0.05, 0) is 82.5 Å². The molecule has 0 aliphatic carbocycles. The lowest BCUT2D eigenvalue weighted by molar-refractivity contribution is -0.142. The predicted octanol–water partition coefficient (Wildman–Crippen LogP) is -3.09. The van der Waals surface area contributed by atoms with E-state index in [4.69, 9.17) is 21.9 Å². The Balaban J connectivity index is 2.02. The second-order valence-electron chi connectivity index (χ2n) is 16.9. The maximum Gasteiger partial charge on any atom is 0.246 e. The van der Waals surface area contributed by atoms with Gasteiger partial charge in [-0.15, -0.1) is 0 Å². The summed E-state index contributed by atoms with van der Waals surface area (Å²) in [5.74, 6) is -8.16. The highest BCUT2D eigenvalue weighted by atomic mass is 16.5. The smallest absolute Gasteiger partial charge is 0.246 e. The highest BCUT2D eigenvalue weighted by Crippen LogP contribution is 2.21. The molecule has 0 unspecified atom stereocenters. The van der Waals surface area contributed by atoms with Gasteiger partial charge in [0.15, 0.2) is 0 Å². The Hall–Kier alpha value is -6.62. The molecule has 0 bridgehead atoms. The van der Waals surface area contributed by atoms with Crippen LogP contribution in [-0.2, 0) is 54.4 Å². The SMILES string of the molecule is CCOc1ccc(C[C@H]2NC(=O)CC/C=C/C[C@@H](C(=O)N3CCC[C@H]3C(=O)N[C@@H](CCCN)C(=O)NCC(N)=O)NC(=O)[C@H](CC(N)=O)NC(=O)[C@H]([C@H](C)O)NC(=O)[C@H]([C@H](C)CC)NC2=O)cc1. The minimum Gasteiger partial charge on any atom is -0.494 e. The lowest BCUT2D eigenvalue weighted by Gasteiger charge is -2.31. The first-order valence-electron chi connectivity index (χ1n) is 23.0. The molecule has 14 N–H and O–H groups in total. The van der Waals surface area contributed by atoms with Crippen LogP contribution < -0.4 is 59.2 Å². The van der Waals surface area contributed by atoms with Crippen LogP contribution in [0.4, 0.5) is 0 Å². The summed E-state index contributed by atoms with van der Waals surface area (Å²) in [5, 5.41) is 28.6. The van der Waals surface area contributed by atoms with E-state index in [1.54, 1.807) is 44.2 Å². The average molecular weight is 956 g/mol.